The summed E-state index contributed by atoms with van der Waals surface area (Å²) in [6.45, 7) is 6.64. The standard InChI is InChI=1S/C22H27ClN2O2S/c1-4-24-22(27)17(3)25(13-18-7-5-16(2)6-8-18)21(26)15-28-14-19-9-11-20(23)12-10-19/h5-12,17H,4,13-15H2,1-3H3,(H,24,27). The van der Waals surface area contributed by atoms with Gasteiger partial charge in [0.1, 0.15) is 6.04 Å². The fraction of sp³-hybridized carbons (Fsp3) is 0.364. The molecule has 0 aliphatic heterocycles. The Morgan fingerprint density at radius 2 is 1.68 bits per heavy atom. The number of halogens is 1. The van der Waals surface area contributed by atoms with Crippen molar-refractivity contribution in [1.82, 2.24) is 10.2 Å². The number of benzene rings is 2. The van der Waals surface area contributed by atoms with Crippen molar-refractivity contribution in [1.29, 1.82) is 0 Å². The number of hydrogen-bond acceptors (Lipinski definition) is 3. The Balaban J connectivity index is 2.03. The summed E-state index contributed by atoms with van der Waals surface area (Å²) in [7, 11) is 0. The third-order valence-electron chi connectivity index (χ3n) is 4.40. The van der Waals surface area contributed by atoms with Crippen LogP contribution in [0.25, 0.3) is 0 Å². The number of nitrogens with one attached hydrogen (secondary N) is 1. The predicted molar refractivity (Wildman–Crippen MR) is 117 cm³/mol. The third kappa shape index (κ3) is 6.88. The van der Waals surface area contributed by atoms with Crippen LogP contribution in [-0.2, 0) is 21.9 Å². The van der Waals surface area contributed by atoms with Gasteiger partial charge in [-0.2, -0.15) is 0 Å². The Bertz CT molecular complexity index is 778. The van der Waals surface area contributed by atoms with Gasteiger partial charge in [-0.05, 0) is 44.0 Å². The number of carbonyl (C=O) groups is 2. The minimum atomic E-state index is -0.523. The fourth-order valence-corrected chi connectivity index (χ4v) is 3.71. The zero-order chi connectivity index (χ0) is 20.5. The van der Waals surface area contributed by atoms with Gasteiger partial charge >= 0.3 is 0 Å². The van der Waals surface area contributed by atoms with Crippen LogP contribution in [0.5, 0.6) is 0 Å². The maximum absolute atomic E-state index is 12.9. The van der Waals surface area contributed by atoms with Crippen LogP contribution >= 0.6 is 23.4 Å². The summed E-state index contributed by atoms with van der Waals surface area (Å²) in [6, 6.07) is 15.1. The maximum Gasteiger partial charge on any atom is 0.242 e. The quantitative estimate of drug-likeness (QED) is 0.655. The first-order valence-electron chi connectivity index (χ1n) is 9.35. The summed E-state index contributed by atoms with van der Waals surface area (Å²) in [5.41, 5.74) is 3.29. The van der Waals surface area contributed by atoms with Crippen molar-refractivity contribution in [3.63, 3.8) is 0 Å². The largest absolute Gasteiger partial charge is 0.355 e. The highest BCUT2D eigenvalue weighted by Gasteiger charge is 2.25. The highest BCUT2D eigenvalue weighted by Crippen LogP contribution is 2.18. The molecule has 0 saturated carbocycles. The highest BCUT2D eigenvalue weighted by molar-refractivity contribution is 7.99. The first-order chi connectivity index (χ1) is 13.4. The molecule has 0 radical (unpaired) electrons. The molecule has 1 atom stereocenters. The molecule has 1 N–H and O–H groups in total. The lowest BCUT2D eigenvalue weighted by molar-refractivity contribution is -0.138. The average Bonchev–Trinajstić information content (AvgIpc) is 2.68. The van der Waals surface area contributed by atoms with Gasteiger partial charge in [0.05, 0.1) is 5.75 Å². The molecule has 0 aliphatic carbocycles. The average molecular weight is 419 g/mol. The number of rotatable bonds is 9. The van der Waals surface area contributed by atoms with Crippen LogP contribution in [0, 0.1) is 6.92 Å². The molecule has 2 amide bonds. The Labute approximate surface area is 176 Å². The second kappa shape index (κ2) is 11.1. The lowest BCUT2D eigenvalue weighted by atomic mass is 10.1. The van der Waals surface area contributed by atoms with E-state index in [9.17, 15) is 9.59 Å². The minimum Gasteiger partial charge on any atom is -0.355 e. The number of nitrogens with zero attached hydrogens (tertiary/aromatic N) is 1. The number of amides is 2. The van der Waals surface area contributed by atoms with E-state index in [1.165, 1.54) is 11.8 Å². The molecule has 28 heavy (non-hydrogen) atoms. The van der Waals surface area contributed by atoms with Gasteiger partial charge in [-0.25, -0.2) is 0 Å². The molecule has 1 unspecified atom stereocenters. The van der Waals surface area contributed by atoms with Crippen LogP contribution in [0.3, 0.4) is 0 Å². The van der Waals surface area contributed by atoms with Crippen LogP contribution in [0.2, 0.25) is 5.02 Å². The van der Waals surface area contributed by atoms with E-state index in [1.807, 2.05) is 62.4 Å². The normalized spacial score (nSPS) is 11.7. The molecule has 0 aliphatic rings. The Hall–Kier alpha value is -1.98. The van der Waals surface area contributed by atoms with E-state index in [0.29, 0.717) is 23.9 Å². The van der Waals surface area contributed by atoms with Crippen molar-refractivity contribution in [2.24, 2.45) is 0 Å². The van der Waals surface area contributed by atoms with Crippen LogP contribution in [0.15, 0.2) is 48.5 Å². The monoisotopic (exact) mass is 418 g/mol. The van der Waals surface area contributed by atoms with Crippen LogP contribution < -0.4 is 5.32 Å². The second-order valence-electron chi connectivity index (χ2n) is 6.70. The lowest BCUT2D eigenvalue weighted by Crippen LogP contribution is -2.48. The van der Waals surface area contributed by atoms with Gasteiger partial charge in [-0.3, -0.25) is 9.59 Å². The number of aryl methyl sites for hydroxylation is 1. The summed E-state index contributed by atoms with van der Waals surface area (Å²) < 4.78 is 0. The molecular formula is C22H27ClN2O2S. The summed E-state index contributed by atoms with van der Waals surface area (Å²) in [6.07, 6.45) is 0. The zero-order valence-electron chi connectivity index (χ0n) is 16.6. The highest BCUT2D eigenvalue weighted by atomic mass is 35.5. The van der Waals surface area contributed by atoms with Gasteiger partial charge in [-0.15, -0.1) is 11.8 Å². The van der Waals surface area contributed by atoms with E-state index in [2.05, 4.69) is 5.32 Å². The molecule has 0 bridgehead atoms. The van der Waals surface area contributed by atoms with Gasteiger partial charge in [0.15, 0.2) is 0 Å². The number of carbonyl (C=O) groups excluding carboxylic acids is 2. The van der Waals surface area contributed by atoms with Crippen molar-refractivity contribution in [2.45, 2.75) is 39.1 Å². The molecule has 4 nitrogen and oxygen atoms in total. The van der Waals surface area contributed by atoms with Crippen molar-refractivity contribution < 1.29 is 9.59 Å². The summed E-state index contributed by atoms with van der Waals surface area (Å²) in [5, 5.41) is 3.51. The molecule has 0 spiro atoms. The summed E-state index contributed by atoms with van der Waals surface area (Å²) in [5.74, 6) is 0.860. The minimum absolute atomic E-state index is 0.0432. The Morgan fingerprint density at radius 3 is 2.29 bits per heavy atom. The molecule has 0 fully saturated rings. The van der Waals surface area contributed by atoms with Gasteiger partial charge in [0.25, 0.3) is 0 Å². The molecule has 2 aromatic rings. The first kappa shape index (κ1) is 22.3. The summed E-state index contributed by atoms with van der Waals surface area (Å²) in [4.78, 5) is 26.9. The molecule has 150 valence electrons. The predicted octanol–water partition coefficient (Wildman–Crippen LogP) is 4.44. The van der Waals surface area contributed by atoms with E-state index in [0.717, 1.165) is 22.4 Å². The Kier molecular flexibility index (Phi) is 8.87. The Morgan fingerprint density at radius 1 is 1.07 bits per heavy atom. The number of thioether (sulfide) groups is 1. The van der Waals surface area contributed by atoms with Gasteiger partial charge in [0, 0.05) is 23.9 Å². The van der Waals surface area contributed by atoms with Crippen molar-refractivity contribution in [3.8, 4) is 0 Å². The smallest absolute Gasteiger partial charge is 0.242 e. The summed E-state index contributed by atoms with van der Waals surface area (Å²) >= 11 is 7.45. The molecular weight excluding hydrogens is 392 g/mol. The van der Waals surface area contributed by atoms with Gasteiger partial charge < -0.3 is 10.2 Å². The van der Waals surface area contributed by atoms with E-state index in [1.54, 1.807) is 11.8 Å². The van der Waals surface area contributed by atoms with Crippen molar-refractivity contribution >= 4 is 35.2 Å². The molecule has 2 rings (SSSR count). The number of hydrogen-bond donors (Lipinski definition) is 1. The molecule has 2 aromatic carbocycles. The SMILES string of the molecule is CCNC(=O)C(C)N(Cc1ccc(C)cc1)C(=O)CSCc1ccc(Cl)cc1. The van der Waals surface area contributed by atoms with Crippen LogP contribution in [0.1, 0.15) is 30.5 Å². The van der Waals surface area contributed by atoms with Crippen molar-refractivity contribution in [2.75, 3.05) is 12.3 Å². The maximum atomic E-state index is 12.9. The van der Waals surface area contributed by atoms with Gasteiger partial charge in [-0.1, -0.05) is 53.6 Å². The van der Waals surface area contributed by atoms with Gasteiger partial charge in [0.2, 0.25) is 11.8 Å². The zero-order valence-corrected chi connectivity index (χ0v) is 18.1. The third-order valence-corrected chi connectivity index (χ3v) is 5.64. The van der Waals surface area contributed by atoms with E-state index < -0.39 is 6.04 Å². The first-order valence-corrected chi connectivity index (χ1v) is 10.9. The van der Waals surface area contributed by atoms with E-state index in [4.69, 9.17) is 11.6 Å². The lowest BCUT2D eigenvalue weighted by Gasteiger charge is -2.28. The van der Waals surface area contributed by atoms with Crippen molar-refractivity contribution in [3.05, 3.63) is 70.2 Å². The molecule has 0 aromatic heterocycles. The number of likely N-dealkylation sites (N-methyl/N-ethyl adjacent to an activating group) is 1. The molecule has 0 saturated heterocycles. The van der Waals surface area contributed by atoms with Crippen LogP contribution in [0.4, 0.5) is 0 Å². The molecule has 0 heterocycles. The van der Waals surface area contributed by atoms with E-state index >= 15 is 0 Å². The van der Waals surface area contributed by atoms with E-state index in [-0.39, 0.29) is 11.8 Å². The topological polar surface area (TPSA) is 49.4 Å². The molecule has 6 heteroatoms. The second-order valence-corrected chi connectivity index (χ2v) is 8.12. The van der Waals surface area contributed by atoms with Crippen LogP contribution in [-0.4, -0.2) is 35.1 Å². The fourth-order valence-electron chi connectivity index (χ4n) is 2.71.